The molecule has 0 unspecified atom stereocenters. The Morgan fingerprint density at radius 1 is 1.08 bits per heavy atom. The van der Waals surface area contributed by atoms with Crippen molar-refractivity contribution in [1.82, 2.24) is 4.90 Å². The van der Waals surface area contributed by atoms with Crippen molar-refractivity contribution >= 4 is 27.5 Å². The van der Waals surface area contributed by atoms with Gasteiger partial charge in [0.2, 0.25) is 0 Å². The number of halogens is 2. The molecule has 1 heterocycles. The number of ether oxygens (including phenoxy) is 1. The van der Waals surface area contributed by atoms with Gasteiger partial charge in [0.05, 0.1) is 12.7 Å². The number of carbonyl (C=O) groups excluding carboxylic acids is 1. The van der Waals surface area contributed by atoms with Crippen LogP contribution in [0.2, 0.25) is 0 Å². The number of carbonyl (C=O) groups is 1. The molecule has 1 aliphatic heterocycles. The maximum Gasteiger partial charge on any atom is 0.257 e. The lowest BCUT2D eigenvalue weighted by Gasteiger charge is -2.36. The first-order valence-electron chi connectivity index (χ1n) is 7.72. The van der Waals surface area contributed by atoms with E-state index >= 15 is 0 Å². The average molecular weight is 393 g/mol. The van der Waals surface area contributed by atoms with Crippen molar-refractivity contribution in [3.63, 3.8) is 0 Å². The fraction of sp³-hybridized carbons (Fsp3) is 0.278. The summed E-state index contributed by atoms with van der Waals surface area (Å²) in [5, 5.41) is 0. The zero-order valence-electron chi connectivity index (χ0n) is 13.3. The first-order valence-corrected chi connectivity index (χ1v) is 8.51. The van der Waals surface area contributed by atoms with Crippen LogP contribution in [-0.2, 0) is 0 Å². The predicted octanol–water partition coefficient (Wildman–Crippen LogP) is 3.56. The third-order valence-corrected chi connectivity index (χ3v) is 4.64. The van der Waals surface area contributed by atoms with Gasteiger partial charge in [0.25, 0.3) is 5.91 Å². The second kappa shape index (κ2) is 7.21. The number of amides is 1. The lowest BCUT2D eigenvalue weighted by atomic mass is 10.1. The van der Waals surface area contributed by atoms with Crippen molar-refractivity contribution in [2.45, 2.75) is 0 Å². The van der Waals surface area contributed by atoms with E-state index < -0.39 is 0 Å². The first kappa shape index (κ1) is 16.8. The van der Waals surface area contributed by atoms with Crippen LogP contribution >= 0.6 is 15.9 Å². The van der Waals surface area contributed by atoms with E-state index in [9.17, 15) is 9.18 Å². The highest BCUT2D eigenvalue weighted by molar-refractivity contribution is 9.10. The van der Waals surface area contributed by atoms with Gasteiger partial charge in [0, 0.05) is 36.3 Å². The number of methoxy groups -OCH3 is 1. The van der Waals surface area contributed by atoms with Gasteiger partial charge in [-0.1, -0.05) is 15.9 Å². The molecule has 4 nitrogen and oxygen atoms in total. The van der Waals surface area contributed by atoms with Crippen LogP contribution in [-0.4, -0.2) is 44.1 Å². The van der Waals surface area contributed by atoms with Crippen LogP contribution in [0.3, 0.4) is 0 Å². The fourth-order valence-corrected chi connectivity index (χ4v) is 3.20. The molecule has 24 heavy (non-hydrogen) atoms. The topological polar surface area (TPSA) is 32.8 Å². The summed E-state index contributed by atoms with van der Waals surface area (Å²) in [5.74, 6) is 0.297. The standard InChI is InChI=1S/C18H18BrFN2O2/c1-24-17-7-2-13(19)12-16(17)18(23)22-10-8-21(9-11-22)15-5-3-14(20)4-6-15/h2-7,12H,8-11H2,1H3. The van der Waals surface area contributed by atoms with E-state index in [0.29, 0.717) is 37.5 Å². The number of anilines is 1. The Kier molecular flexibility index (Phi) is 5.04. The lowest BCUT2D eigenvalue weighted by molar-refractivity contribution is 0.0743. The molecule has 1 amide bonds. The average Bonchev–Trinajstić information content (AvgIpc) is 2.62. The molecule has 2 aromatic rings. The highest BCUT2D eigenvalue weighted by Gasteiger charge is 2.24. The molecule has 0 aliphatic carbocycles. The molecule has 0 spiro atoms. The summed E-state index contributed by atoms with van der Waals surface area (Å²) >= 11 is 3.40. The van der Waals surface area contributed by atoms with E-state index in [1.165, 1.54) is 12.1 Å². The van der Waals surface area contributed by atoms with Crippen LogP contribution in [0.4, 0.5) is 10.1 Å². The Labute approximate surface area is 149 Å². The molecule has 126 valence electrons. The quantitative estimate of drug-likeness (QED) is 0.800. The van der Waals surface area contributed by atoms with E-state index in [0.717, 1.165) is 10.2 Å². The molecule has 0 N–H and O–H groups in total. The van der Waals surface area contributed by atoms with E-state index in [1.807, 2.05) is 11.0 Å². The SMILES string of the molecule is COc1ccc(Br)cc1C(=O)N1CCN(c2ccc(F)cc2)CC1. The molecule has 2 aromatic carbocycles. The summed E-state index contributed by atoms with van der Waals surface area (Å²) in [6.07, 6.45) is 0. The molecule has 0 bridgehead atoms. The van der Waals surface area contributed by atoms with Crippen molar-refractivity contribution in [3.05, 3.63) is 58.3 Å². The van der Waals surface area contributed by atoms with Crippen molar-refractivity contribution in [2.24, 2.45) is 0 Å². The van der Waals surface area contributed by atoms with Gasteiger partial charge < -0.3 is 14.5 Å². The van der Waals surface area contributed by atoms with Gasteiger partial charge in [-0.05, 0) is 42.5 Å². The Morgan fingerprint density at radius 2 is 1.75 bits per heavy atom. The third-order valence-electron chi connectivity index (χ3n) is 4.15. The number of hydrogen-bond acceptors (Lipinski definition) is 3. The summed E-state index contributed by atoms with van der Waals surface area (Å²) < 4.78 is 19.2. The van der Waals surface area contributed by atoms with Crippen LogP contribution in [0.25, 0.3) is 0 Å². The molecule has 0 radical (unpaired) electrons. The Hall–Kier alpha value is -2.08. The van der Waals surface area contributed by atoms with Gasteiger partial charge in [-0.2, -0.15) is 0 Å². The molecular weight excluding hydrogens is 375 g/mol. The van der Waals surface area contributed by atoms with Crippen LogP contribution in [0.1, 0.15) is 10.4 Å². The summed E-state index contributed by atoms with van der Waals surface area (Å²) in [6, 6.07) is 11.9. The smallest absolute Gasteiger partial charge is 0.257 e. The van der Waals surface area contributed by atoms with Crippen molar-refractivity contribution in [2.75, 3.05) is 38.2 Å². The largest absolute Gasteiger partial charge is 0.496 e. The van der Waals surface area contributed by atoms with Gasteiger partial charge in [-0.25, -0.2) is 4.39 Å². The summed E-state index contributed by atoms with van der Waals surface area (Å²) in [6.45, 7) is 2.67. The van der Waals surface area contributed by atoms with E-state index in [1.54, 1.807) is 31.4 Å². The van der Waals surface area contributed by atoms with Crippen molar-refractivity contribution < 1.29 is 13.9 Å². The van der Waals surface area contributed by atoms with Crippen molar-refractivity contribution in [3.8, 4) is 5.75 Å². The predicted molar refractivity (Wildman–Crippen MR) is 95.2 cm³/mol. The Balaban J connectivity index is 1.69. The van der Waals surface area contributed by atoms with Crippen LogP contribution in [0.15, 0.2) is 46.9 Å². The molecular formula is C18H18BrFN2O2. The van der Waals surface area contributed by atoms with Gasteiger partial charge in [-0.15, -0.1) is 0 Å². The zero-order valence-corrected chi connectivity index (χ0v) is 14.9. The van der Waals surface area contributed by atoms with E-state index in [2.05, 4.69) is 20.8 Å². The lowest BCUT2D eigenvalue weighted by Crippen LogP contribution is -2.48. The molecule has 1 aliphatic rings. The number of rotatable bonds is 3. The van der Waals surface area contributed by atoms with Gasteiger partial charge >= 0.3 is 0 Å². The number of nitrogens with zero attached hydrogens (tertiary/aromatic N) is 2. The minimum atomic E-state index is -0.241. The number of piperazine rings is 1. The normalized spacial score (nSPS) is 14.6. The molecule has 1 saturated heterocycles. The maximum absolute atomic E-state index is 13.0. The first-order chi connectivity index (χ1) is 11.6. The van der Waals surface area contributed by atoms with Crippen LogP contribution in [0.5, 0.6) is 5.75 Å². The zero-order chi connectivity index (χ0) is 17.1. The van der Waals surface area contributed by atoms with Crippen LogP contribution in [0, 0.1) is 5.82 Å². The molecule has 0 aromatic heterocycles. The molecule has 6 heteroatoms. The Bertz CT molecular complexity index is 728. The molecule has 0 atom stereocenters. The molecule has 0 saturated carbocycles. The van der Waals surface area contributed by atoms with Gasteiger partial charge in [-0.3, -0.25) is 4.79 Å². The monoisotopic (exact) mass is 392 g/mol. The number of benzene rings is 2. The third kappa shape index (κ3) is 3.53. The second-order valence-corrected chi connectivity index (χ2v) is 6.52. The maximum atomic E-state index is 13.0. The van der Waals surface area contributed by atoms with Gasteiger partial charge in [0.15, 0.2) is 0 Å². The van der Waals surface area contributed by atoms with E-state index in [-0.39, 0.29) is 11.7 Å². The summed E-state index contributed by atoms with van der Waals surface area (Å²) in [7, 11) is 1.56. The van der Waals surface area contributed by atoms with Crippen LogP contribution < -0.4 is 9.64 Å². The Morgan fingerprint density at radius 3 is 2.38 bits per heavy atom. The minimum absolute atomic E-state index is 0.0353. The second-order valence-electron chi connectivity index (χ2n) is 5.60. The number of hydrogen-bond donors (Lipinski definition) is 0. The molecule has 3 rings (SSSR count). The fourth-order valence-electron chi connectivity index (χ4n) is 2.84. The highest BCUT2D eigenvalue weighted by atomic mass is 79.9. The van der Waals surface area contributed by atoms with Crippen molar-refractivity contribution in [1.29, 1.82) is 0 Å². The van der Waals surface area contributed by atoms with Gasteiger partial charge in [0.1, 0.15) is 11.6 Å². The van der Waals surface area contributed by atoms with E-state index in [4.69, 9.17) is 4.74 Å². The minimum Gasteiger partial charge on any atom is -0.496 e. The summed E-state index contributed by atoms with van der Waals surface area (Å²) in [5.41, 5.74) is 1.53. The molecule has 1 fully saturated rings. The highest BCUT2D eigenvalue weighted by Crippen LogP contribution is 2.25. The summed E-state index contributed by atoms with van der Waals surface area (Å²) in [4.78, 5) is 16.8.